The highest BCUT2D eigenvalue weighted by atomic mass is 15.1. The summed E-state index contributed by atoms with van der Waals surface area (Å²) in [6.45, 7) is 13.2. The fourth-order valence-electron chi connectivity index (χ4n) is 6.72. The van der Waals surface area contributed by atoms with Gasteiger partial charge in [-0.05, 0) is 138 Å². The van der Waals surface area contributed by atoms with E-state index in [9.17, 15) is 0 Å². The van der Waals surface area contributed by atoms with Crippen molar-refractivity contribution in [3.05, 3.63) is 191 Å². The molecule has 0 fully saturated rings. The van der Waals surface area contributed by atoms with Gasteiger partial charge in [-0.2, -0.15) is 0 Å². The van der Waals surface area contributed by atoms with E-state index < -0.39 is 0 Å². The molecule has 0 heterocycles. The zero-order valence-corrected chi connectivity index (χ0v) is 31.2. The molecule has 0 saturated heterocycles. The molecule has 0 amide bonds. The Balaban J connectivity index is 1.14. The first kappa shape index (κ1) is 34.6. The van der Waals surface area contributed by atoms with Crippen LogP contribution in [0.2, 0.25) is 0 Å². The second-order valence-corrected chi connectivity index (χ2v) is 14.6. The van der Waals surface area contributed by atoms with Crippen LogP contribution in [0, 0.1) is 13.8 Å². The molecule has 0 aliphatic rings. The minimum Gasteiger partial charge on any atom is -0.311 e. The Morgan fingerprint density at radius 1 is 0.346 bits per heavy atom. The maximum Gasteiger partial charge on any atom is 0.0468 e. The third kappa shape index (κ3) is 7.72. The lowest BCUT2D eigenvalue weighted by Crippen LogP contribution is -2.10. The van der Waals surface area contributed by atoms with Crippen molar-refractivity contribution < 1.29 is 0 Å². The molecule has 7 rings (SSSR count). The van der Waals surface area contributed by atoms with Gasteiger partial charge in [-0.25, -0.2) is 0 Å². The van der Waals surface area contributed by atoms with E-state index in [0.29, 0.717) is 11.8 Å². The lowest BCUT2D eigenvalue weighted by Gasteiger charge is -2.26. The first-order chi connectivity index (χ1) is 25.2. The molecule has 0 radical (unpaired) electrons. The van der Waals surface area contributed by atoms with E-state index in [1.807, 2.05) is 0 Å². The van der Waals surface area contributed by atoms with Crippen LogP contribution in [-0.4, -0.2) is 0 Å². The van der Waals surface area contributed by atoms with Gasteiger partial charge in [0.05, 0.1) is 0 Å². The SMILES string of the molecule is Cc1ccc(N(c2ccc(C=Cc3ccc4cc(N(c5ccc(C)cc5)c5ccc(C(C)C)cc5)ccc4c3)cc2)c2ccc(C(C)C)cc2)cc1. The summed E-state index contributed by atoms with van der Waals surface area (Å²) in [6.07, 6.45) is 4.41. The van der Waals surface area contributed by atoms with Gasteiger partial charge >= 0.3 is 0 Å². The molecule has 0 saturated carbocycles. The van der Waals surface area contributed by atoms with Crippen LogP contribution in [0.25, 0.3) is 22.9 Å². The minimum atomic E-state index is 0.498. The number of hydrogen-bond acceptors (Lipinski definition) is 2. The molecule has 0 bridgehead atoms. The predicted molar refractivity (Wildman–Crippen MR) is 226 cm³/mol. The second-order valence-electron chi connectivity index (χ2n) is 14.6. The van der Waals surface area contributed by atoms with Crippen LogP contribution in [0.4, 0.5) is 34.1 Å². The lowest BCUT2D eigenvalue weighted by molar-refractivity contribution is 0.866. The summed E-state index contributed by atoms with van der Waals surface area (Å²) in [5.41, 5.74) is 14.4. The van der Waals surface area contributed by atoms with Gasteiger partial charge in [0.1, 0.15) is 0 Å². The van der Waals surface area contributed by atoms with Crippen LogP contribution in [0.1, 0.15) is 72.9 Å². The van der Waals surface area contributed by atoms with Crippen molar-refractivity contribution in [1.82, 2.24) is 0 Å². The molecular formula is C50H48N2. The highest BCUT2D eigenvalue weighted by Crippen LogP contribution is 2.38. The van der Waals surface area contributed by atoms with Gasteiger partial charge in [-0.15, -0.1) is 0 Å². The van der Waals surface area contributed by atoms with E-state index in [1.165, 1.54) is 38.6 Å². The molecule has 0 aliphatic carbocycles. The molecule has 2 nitrogen and oxygen atoms in total. The van der Waals surface area contributed by atoms with Crippen molar-refractivity contribution >= 4 is 57.0 Å². The summed E-state index contributed by atoms with van der Waals surface area (Å²) >= 11 is 0. The Kier molecular flexibility index (Phi) is 10.1. The Morgan fingerprint density at radius 2 is 0.673 bits per heavy atom. The smallest absolute Gasteiger partial charge is 0.0468 e. The largest absolute Gasteiger partial charge is 0.311 e. The maximum atomic E-state index is 2.35. The summed E-state index contributed by atoms with van der Waals surface area (Å²) in [4.78, 5) is 4.68. The first-order valence-electron chi connectivity index (χ1n) is 18.5. The van der Waals surface area contributed by atoms with E-state index in [2.05, 4.69) is 221 Å². The number of hydrogen-bond donors (Lipinski definition) is 0. The van der Waals surface area contributed by atoms with Gasteiger partial charge in [0.15, 0.2) is 0 Å². The molecule has 0 spiro atoms. The van der Waals surface area contributed by atoms with Crippen LogP contribution < -0.4 is 9.80 Å². The third-order valence-corrected chi connectivity index (χ3v) is 9.95. The highest BCUT2D eigenvalue weighted by Gasteiger charge is 2.15. The molecule has 258 valence electrons. The summed E-state index contributed by atoms with van der Waals surface area (Å²) in [5, 5.41) is 2.44. The molecular weight excluding hydrogens is 629 g/mol. The van der Waals surface area contributed by atoms with E-state index >= 15 is 0 Å². The fraction of sp³-hybridized carbons (Fsp3) is 0.160. The van der Waals surface area contributed by atoms with Crippen molar-refractivity contribution in [2.45, 2.75) is 53.4 Å². The van der Waals surface area contributed by atoms with E-state index in [-0.39, 0.29) is 0 Å². The van der Waals surface area contributed by atoms with Crippen molar-refractivity contribution in [3.63, 3.8) is 0 Å². The quantitative estimate of drug-likeness (QED) is 0.133. The molecule has 7 aromatic rings. The predicted octanol–water partition coefficient (Wildman–Crippen LogP) is 14.8. The molecule has 0 N–H and O–H groups in total. The van der Waals surface area contributed by atoms with Crippen molar-refractivity contribution in [3.8, 4) is 0 Å². The molecule has 2 heteroatoms. The number of benzene rings is 7. The summed E-state index contributed by atoms with van der Waals surface area (Å²) in [6, 6.07) is 57.8. The van der Waals surface area contributed by atoms with Gasteiger partial charge in [-0.3, -0.25) is 0 Å². The minimum absolute atomic E-state index is 0.498. The van der Waals surface area contributed by atoms with E-state index in [0.717, 1.165) is 39.7 Å². The van der Waals surface area contributed by atoms with Crippen LogP contribution in [0.15, 0.2) is 158 Å². The zero-order valence-electron chi connectivity index (χ0n) is 31.2. The molecule has 0 unspecified atom stereocenters. The highest BCUT2D eigenvalue weighted by molar-refractivity contribution is 5.91. The number of fused-ring (bicyclic) bond motifs is 1. The normalized spacial score (nSPS) is 11.5. The number of aryl methyl sites for hydroxylation is 2. The van der Waals surface area contributed by atoms with Gasteiger partial charge in [0.25, 0.3) is 0 Å². The van der Waals surface area contributed by atoms with E-state index in [1.54, 1.807) is 0 Å². The van der Waals surface area contributed by atoms with Crippen LogP contribution >= 0.6 is 0 Å². The summed E-state index contributed by atoms with van der Waals surface area (Å²) < 4.78 is 0. The van der Waals surface area contributed by atoms with Crippen molar-refractivity contribution in [2.24, 2.45) is 0 Å². The summed E-state index contributed by atoms with van der Waals surface area (Å²) in [7, 11) is 0. The number of rotatable bonds is 10. The summed E-state index contributed by atoms with van der Waals surface area (Å²) in [5.74, 6) is 0.998. The van der Waals surface area contributed by atoms with Crippen molar-refractivity contribution in [1.29, 1.82) is 0 Å². The average Bonchev–Trinajstić information content (AvgIpc) is 3.16. The number of anilines is 6. The van der Waals surface area contributed by atoms with Crippen LogP contribution in [0.3, 0.4) is 0 Å². The average molecular weight is 677 g/mol. The van der Waals surface area contributed by atoms with E-state index in [4.69, 9.17) is 0 Å². The Labute approximate surface area is 310 Å². The molecule has 7 aromatic carbocycles. The molecule has 0 atom stereocenters. The van der Waals surface area contributed by atoms with Crippen LogP contribution in [-0.2, 0) is 0 Å². The molecule has 52 heavy (non-hydrogen) atoms. The Hall–Kier alpha value is -5.86. The third-order valence-electron chi connectivity index (χ3n) is 9.95. The van der Waals surface area contributed by atoms with Crippen molar-refractivity contribution in [2.75, 3.05) is 9.80 Å². The van der Waals surface area contributed by atoms with Crippen LogP contribution in [0.5, 0.6) is 0 Å². The van der Waals surface area contributed by atoms with Gasteiger partial charge < -0.3 is 9.80 Å². The fourth-order valence-corrected chi connectivity index (χ4v) is 6.72. The van der Waals surface area contributed by atoms with Gasteiger partial charge in [0.2, 0.25) is 0 Å². The monoisotopic (exact) mass is 676 g/mol. The first-order valence-corrected chi connectivity index (χ1v) is 18.5. The number of nitrogens with zero attached hydrogens (tertiary/aromatic N) is 2. The maximum absolute atomic E-state index is 2.35. The standard InChI is InChI=1S/C50H48N2/c1-35(2)41-17-28-48(29-18-41)51(45-22-7-37(5)8-23-45)47-26-14-39(15-27-47)11-12-40-13-16-44-34-50(32-21-43(44)33-40)52(46-24-9-38(6)10-25-46)49-30-19-42(20-31-49)36(3)4/h7-36H,1-6H3. The Morgan fingerprint density at radius 3 is 1.13 bits per heavy atom. The second kappa shape index (κ2) is 15.2. The Bertz CT molecular complexity index is 2280. The topological polar surface area (TPSA) is 6.48 Å². The van der Waals surface area contributed by atoms with Gasteiger partial charge in [0, 0.05) is 34.1 Å². The molecule has 0 aromatic heterocycles. The lowest BCUT2D eigenvalue weighted by atomic mass is 10.0. The van der Waals surface area contributed by atoms with Gasteiger partial charge in [-0.1, -0.05) is 130 Å². The zero-order chi connectivity index (χ0) is 36.2. The molecule has 0 aliphatic heterocycles.